The summed E-state index contributed by atoms with van der Waals surface area (Å²) < 4.78 is 10.7. The van der Waals surface area contributed by atoms with Gasteiger partial charge in [-0.1, -0.05) is 23.7 Å². The van der Waals surface area contributed by atoms with Crippen LogP contribution in [0.4, 0.5) is 10.5 Å². The van der Waals surface area contributed by atoms with Gasteiger partial charge in [-0.2, -0.15) is 0 Å². The molecule has 0 saturated heterocycles. The van der Waals surface area contributed by atoms with E-state index in [2.05, 4.69) is 16.0 Å². The molecule has 1 aliphatic rings. The fourth-order valence-electron chi connectivity index (χ4n) is 3.04. The summed E-state index contributed by atoms with van der Waals surface area (Å²) in [6, 6.07) is 11.0. The SMILES string of the molecule is COc1ccc([C@@H]2NC(=O)NC(C)=C2C(=O)Nc2ccccc2Cl)c(OC)c1. The highest BCUT2D eigenvalue weighted by molar-refractivity contribution is 6.33. The van der Waals surface area contributed by atoms with Gasteiger partial charge < -0.3 is 25.4 Å². The Morgan fingerprint density at radius 2 is 1.89 bits per heavy atom. The fraction of sp³-hybridized carbons (Fsp3) is 0.200. The Bertz CT molecular complexity index is 958. The van der Waals surface area contributed by atoms with Crippen LogP contribution in [0.3, 0.4) is 0 Å². The van der Waals surface area contributed by atoms with Gasteiger partial charge in [0.2, 0.25) is 0 Å². The van der Waals surface area contributed by atoms with E-state index in [9.17, 15) is 9.59 Å². The van der Waals surface area contributed by atoms with Crippen molar-refractivity contribution in [2.75, 3.05) is 19.5 Å². The number of para-hydroxylation sites is 1. The zero-order chi connectivity index (χ0) is 20.3. The molecule has 0 radical (unpaired) electrons. The Hall–Kier alpha value is -3.19. The lowest BCUT2D eigenvalue weighted by Gasteiger charge is -2.29. The van der Waals surface area contributed by atoms with Gasteiger partial charge in [-0.25, -0.2) is 4.79 Å². The van der Waals surface area contributed by atoms with Crippen LogP contribution < -0.4 is 25.4 Å². The normalized spacial score (nSPS) is 16.1. The molecule has 3 amide bonds. The Balaban J connectivity index is 2.02. The molecular weight excluding hydrogens is 382 g/mol. The van der Waals surface area contributed by atoms with E-state index in [0.29, 0.717) is 39.0 Å². The summed E-state index contributed by atoms with van der Waals surface area (Å²) in [5.41, 5.74) is 1.90. The van der Waals surface area contributed by atoms with Crippen LogP contribution >= 0.6 is 11.6 Å². The molecule has 1 aliphatic heterocycles. The molecule has 3 N–H and O–H groups in total. The first-order valence-corrected chi connectivity index (χ1v) is 8.88. The number of hydrogen-bond acceptors (Lipinski definition) is 4. The Kier molecular flexibility index (Phi) is 5.75. The van der Waals surface area contributed by atoms with Gasteiger partial charge in [0.25, 0.3) is 5.91 Å². The van der Waals surface area contributed by atoms with Crippen LogP contribution in [0, 0.1) is 0 Å². The molecule has 0 aromatic heterocycles. The minimum Gasteiger partial charge on any atom is -0.497 e. The molecule has 3 rings (SSSR count). The van der Waals surface area contributed by atoms with Crippen molar-refractivity contribution in [3.63, 3.8) is 0 Å². The molecule has 7 nitrogen and oxygen atoms in total. The molecule has 1 atom stereocenters. The number of allylic oxidation sites excluding steroid dienone is 1. The standard InChI is InChI=1S/C20H20ClN3O4/c1-11-17(19(25)23-15-7-5-4-6-14(15)21)18(24-20(26)22-11)13-9-8-12(27-2)10-16(13)28-3/h4-10,18H,1-3H3,(H,23,25)(H2,22,24,26)/t18-/m0/s1. The van der Waals surface area contributed by atoms with E-state index in [1.54, 1.807) is 56.5 Å². The molecule has 0 aliphatic carbocycles. The summed E-state index contributed by atoms with van der Waals surface area (Å²) in [5, 5.41) is 8.64. The first-order valence-electron chi connectivity index (χ1n) is 8.50. The molecule has 2 aromatic carbocycles. The molecule has 0 fully saturated rings. The lowest BCUT2D eigenvalue weighted by atomic mass is 9.94. The average Bonchev–Trinajstić information content (AvgIpc) is 2.68. The van der Waals surface area contributed by atoms with Crippen molar-refractivity contribution in [1.29, 1.82) is 0 Å². The second-order valence-electron chi connectivity index (χ2n) is 6.11. The summed E-state index contributed by atoms with van der Waals surface area (Å²) in [6.07, 6.45) is 0. The van der Waals surface area contributed by atoms with Crippen molar-refractivity contribution in [2.45, 2.75) is 13.0 Å². The highest BCUT2D eigenvalue weighted by Gasteiger charge is 2.33. The number of carbonyl (C=O) groups is 2. The Morgan fingerprint density at radius 1 is 1.14 bits per heavy atom. The van der Waals surface area contributed by atoms with E-state index in [-0.39, 0.29) is 5.91 Å². The molecule has 1 heterocycles. The van der Waals surface area contributed by atoms with Gasteiger partial charge in [0.15, 0.2) is 0 Å². The van der Waals surface area contributed by atoms with Gasteiger partial charge in [-0.15, -0.1) is 0 Å². The average molecular weight is 402 g/mol. The second-order valence-corrected chi connectivity index (χ2v) is 6.52. The Labute approximate surface area is 167 Å². The first kappa shape index (κ1) is 19.6. The maximum absolute atomic E-state index is 13.1. The second kappa shape index (κ2) is 8.22. The van der Waals surface area contributed by atoms with Gasteiger partial charge >= 0.3 is 6.03 Å². The van der Waals surface area contributed by atoms with E-state index in [4.69, 9.17) is 21.1 Å². The van der Waals surface area contributed by atoms with Crippen molar-refractivity contribution >= 4 is 29.2 Å². The summed E-state index contributed by atoms with van der Waals surface area (Å²) in [6.45, 7) is 1.67. The van der Waals surface area contributed by atoms with Crippen LogP contribution in [-0.4, -0.2) is 26.2 Å². The number of anilines is 1. The minimum absolute atomic E-state index is 0.350. The molecule has 0 unspecified atom stereocenters. The number of ether oxygens (including phenoxy) is 2. The maximum Gasteiger partial charge on any atom is 0.319 e. The maximum atomic E-state index is 13.1. The number of benzene rings is 2. The molecule has 0 saturated carbocycles. The summed E-state index contributed by atoms with van der Waals surface area (Å²) in [4.78, 5) is 25.1. The van der Waals surface area contributed by atoms with Crippen LogP contribution in [0.2, 0.25) is 5.02 Å². The van der Waals surface area contributed by atoms with Gasteiger partial charge in [0.1, 0.15) is 11.5 Å². The third-order valence-electron chi connectivity index (χ3n) is 4.39. The quantitative estimate of drug-likeness (QED) is 0.713. The molecule has 0 bridgehead atoms. The smallest absolute Gasteiger partial charge is 0.319 e. The van der Waals surface area contributed by atoms with Crippen molar-refractivity contribution in [3.8, 4) is 11.5 Å². The number of hydrogen-bond donors (Lipinski definition) is 3. The van der Waals surface area contributed by atoms with Gasteiger partial charge in [0.05, 0.1) is 36.5 Å². The minimum atomic E-state index is -0.711. The number of nitrogens with one attached hydrogen (secondary N) is 3. The largest absolute Gasteiger partial charge is 0.497 e. The molecule has 8 heteroatoms. The summed E-state index contributed by atoms with van der Waals surface area (Å²) >= 11 is 6.15. The monoisotopic (exact) mass is 401 g/mol. The number of amides is 3. The van der Waals surface area contributed by atoms with Gasteiger partial charge in [-0.3, -0.25) is 4.79 Å². The predicted molar refractivity (Wildman–Crippen MR) is 107 cm³/mol. The number of rotatable bonds is 5. The third kappa shape index (κ3) is 3.89. The summed E-state index contributed by atoms with van der Waals surface area (Å²) in [5.74, 6) is 0.701. The Morgan fingerprint density at radius 3 is 2.57 bits per heavy atom. The van der Waals surface area contributed by atoms with Crippen LogP contribution in [0.5, 0.6) is 11.5 Å². The van der Waals surface area contributed by atoms with E-state index in [1.165, 1.54) is 7.11 Å². The van der Waals surface area contributed by atoms with Gasteiger partial charge in [-0.05, 0) is 31.2 Å². The third-order valence-corrected chi connectivity index (χ3v) is 4.72. The highest BCUT2D eigenvalue weighted by atomic mass is 35.5. The molecule has 0 spiro atoms. The fourth-order valence-corrected chi connectivity index (χ4v) is 3.22. The first-order chi connectivity index (χ1) is 13.4. The number of methoxy groups -OCH3 is 2. The summed E-state index contributed by atoms with van der Waals surface area (Å²) in [7, 11) is 3.06. The van der Waals surface area contributed by atoms with Crippen LogP contribution in [0.1, 0.15) is 18.5 Å². The molecule has 146 valence electrons. The topological polar surface area (TPSA) is 88.7 Å². The van der Waals surface area contributed by atoms with Crippen molar-refractivity contribution in [3.05, 3.63) is 64.3 Å². The van der Waals surface area contributed by atoms with Gasteiger partial charge in [0, 0.05) is 17.3 Å². The van der Waals surface area contributed by atoms with Crippen molar-refractivity contribution < 1.29 is 19.1 Å². The zero-order valence-electron chi connectivity index (χ0n) is 15.6. The zero-order valence-corrected chi connectivity index (χ0v) is 16.4. The highest BCUT2D eigenvalue weighted by Crippen LogP contribution is 2.36. The van der Waals surface area contributed by atoms with E-state index in [0.717, 1.165) is 0 Å². The number of carbonyl (C=O) groups excluding carboxylic acids is 2. The molecule has 28 heavy (non-hydrogen) atoms. The van der Waals surface area contributed by atoms with Crippen LogP contribution in [-0.2, 0) is 4.79 Å². The predicted octanol–water partition coefficient (Wildman–Crippen LogP) is 3.62. The molecule has 2 aromatic rings. The lowest BCUT2D eigenvalue weighted by molar-refractivity contribution is -0.113. The van der Waals surface area contributed by atoms with E-state index >= 15 is 0 Å². The molecular formula is C20H20ClN3O4. The van der Waals surface area contributed by atoms with E-state index < -0.39 is 12.1 Å². The van der Waals surface area contributed by atoms with Crippen LogP contribution in [0.15, 0.2) is 53.7 Å². The van der Waals surface area contributed by atoms with Crippen LogP contribution in [0.25, 0.3) is 0 Å². The van der Waals surface area contributed by atoms with Crippen molar-refractivity contribution in [2.24, 2.45) is 0 Å². The number of urea groups is 1. The number of halogens is 1. The van der Waals surface area contributed by atoms with Crippen molar-refractivity contribution in [1.82, 2.24) is 10.6 Å². The van der Waals surface area contributed by atoms with E-state index in [1.807, 2.05) is 0 Å². The lowest BCUT2D eigenvalue weighted by Crippen LogP contribution is -2.46.